The maximum Gasteiger partial charge on any atom is 0.328 e. The van der Waals surface area contributed by atoms with Gasteiger partial charge in [-0.05, 0) is 17.2 Å². The van der Waals surface area contributed by atoms with Gasteiger partial charge in [0, 0.05) is 29.9 Å². The normalized spacial score (nSPS) is 12.9. The average Bonchev–Trinajstić information content (AvgIpc) is 3.14. The Morgan fingerprint density at radius 1 is 1.07 bits per heavy atom. The van der Waals surface area contributed by atoms with Gasteiger partial charge in [-0.3, -0.25) is 4.79 Å². The van der Waals surface area contributed by atoms with Crippen LogP contribution in [0.4, 0.5) is 0 Å². The molecule has 2 aromatic carbocycles. The molecule has 0 spiro atoms. The van der Waals surface area contributed by atoms with Gasteiger partial charge in [-0.2, -0.15) is 0 Å². The lowest BCUT2D eigenvalue weighted by atomic mass is 10.0. The highest BCUT2D eigenvalue weighted by Gasteiger charge is 2.28. The summed E-state index contributed by atoms with van der Waals surface area (Å²) in [7, 11) is 1.26. The van der Waals surface area contributed by atoms with Crippen molar-refractivity contribution in [1.29, 1.82) is 0 Å². The number of aromatic amines is 1. The minimum atomic E-state index is -1.15. The van der Waals surface area contributed by atoms with Crippen LogP contribution in [0.25, 0.3) is 10.9 Å². The molecule has 28 heavy (non-hydrogen) atoms. The molecule has 0 saturated carbocycles. The fourth-order valence-corrected chi connectivity index (χ4v) is 3.14. The predicted octanol–water partition coefficient (Wildman–Crippen LogP) is 2.75. The van der Waals surface area contributed by atoms with Crippen molar-refractivity contribution in [3.05, 3.63) is 76.8 Å². The molecule has 7 nitrogen and oxygen atoms in total. The molecule has 0 bridgehead atoms. The van der Waals surface area contributed by atoms with Crippen molar-refractivity contribution in [3.63, 3.8) is 0 Å². The van der Waals surface area contributed by atoms with Crippen LogP contribution in [0.15, 0.2) is 66.0 Å². The summed E-state index contributed by atoms with van der Waals surface area (Å²) in [4.78, 5) is 39.2. The van der Waals surface area contributed by atoms with Gasteiger partial charge in [0.05, 0.1) is 7.11 Å². The number of nitrogens with one attached hydrogen (secondary N) is 2. The molecule has 0 saturated heterocycles. The molecule has 0 fully saturated rings. The molecule has 144 valence electrons. The van der Waals surface area contributed by atoms with Crippen molar-refractivity contribution in [2.24, 2.45) is 5.18 Å². The van der Waals surface area contributed by atoms with Crippen LogP contribution in [0.3, 0.4) is 0 Å². The van der Waals surface area contributed by atoms with Gasteiger partial charge in [0.15, 0.2) is 6.04 Å². The molecule has 1 aromatic heterocycles. The summed E-state index contributed by atoms with van der Waals surface area (Å²) >= 11 is 0. The Labute approximate surface area is 162 Å². The summed E-state index contributed by atoms with van der Waals surface area (Å²) in [6, 6.07) is 14.8. The minimum Gasteiger partial charge on any atom is -0.467 e. The number of carbonyl (C=O) groups is 2. The maximum absolute atomic E-state index is 12.6. The molecule has 0 radical (unpaired) electrons. The van der Waals surface area contributed by atoms with Crippen molar-refractivity contribution in [2.75, 3.05) is 7.11 Å². The number of para-hydroxylation sites is 1. The third kappa shape index (κ3) is 4.43. The third-order valence-corrected chi connectivity index (χ3v) is 4.60. The molecule has 1 amide bonds. The smallest absolute Gasteiger partial charge is 0.328 e. The second-order valence-corrected chi connectivity index (χ2v) is 6.46. The molecule has 3 rings (SSSR count). The topological polar surface area (TPSA) is 101 Å². The van der Waals surface area contributed by atoms with E-state index in [4.69, 9.17) is 4.74 Å². The summed E-state index contributed by atoms with van der Waals surface area (Å²) in [6.07, 6.45) is 2.16. The highest BCUT2D eigenvalue weighted by Crippen LogP contribution is 2.20. The van der Waals surface area contributed by atoms with E-state index < -0.39 is 24.0 Å². The van der Waals surface area contributed by atoms with Crippen LogP contribution in [0.2, 0.25) is 0 Å². The molecule has 0 aliphatic heterocycles. The van der Waals surface area contributed by atoms with E-state index >= 15 is 0 Å². The summed E-state index contributed by atoms with van der Waals surface area (Å²) in [6.45, 7) is 0. The zero-order chi connectivity index (χ0) is 19.9. The number of carbonyl (C=O) groups excluding carboxylic acids is 2. The Morgan fingerprint density at radius 2 is 1.79 bits per heavy atom. The van der Waals surface area contributed by atoms with Gasteiger partial charge in [-0.1, -0.05) is 53.7 Å². The average molecular weight is 379 g/mol. The van der Waals surface area contributed by atoms with E-state index in [-0.39, 0.29) is 12.8 Å². The third-order valence-electron chi connectivity index (χ3n) is 4.60. The molecule has 2 N–H and O–H groups in total. The van der Waals surface area contributed by atoms with E-state index in [2.05, 4.69) is 15.5 Å². The number of esters is 1. The van der Waals surface area contributed by atoms with Gasteiger partial charge >= 0.3 is 5.97 Å². The van der Waals surface area contributed by atoms with Gasteiger partial charge < -0.3 is 15.0 Å². The summed E-state index contributed by atoms with van der Waals surface area (Å²) in [5.41, 5.74) is 2.59. The van der Waals surface area contributed by atoms with E-state index in [0.717, 1.165) is 22.0 Å². The number of nitroso groups, excluding NO2 is 1. The number of nitrogens with zero attached hydrogens (tertiary/aromatic N) is 1. The van der Waals surface area contributed by atoms with Crippen LogP contribution in [0.1, 0.15) is 11.1 Å². The number of ether oxygens (including phenoxy) is 1. The first-order valence-corrected chi connectivity index (χ1v) is 8.92. The number of methoxy groups -OCH3 is 1. The quantitative estimate of drug-likeness (QED) is 0.464. The number of fused-ring (bicyclic) bond motifs is 1. The molecule has 1 unspecified atom stereocenters. The van der Waals surface area contributed by atoms with E-state index in [9.17, 15) is 14.5 Å². The largest absolute Gasteiger partial charge is 0.467 e. The molecular weight excluding hydrogens is 358 g/mol. The Bertz CT molecular complexity index is 968. The fourth-order valence-electron chi connectivity index (χ4n) is 3.14. The van der Waals surface area contributed by atoms with Crippen molar-refractivity contribution < 1.29 is 14.3 Å². The number of rotatable bonds is 8. The first-order chi connectivity index (χ1) is 13.6. The van der Waals surface area contributed by atoms with Crippen molar-refractivity contribution in [3.8, 4) is 0 Å². The predicted molar refractivity (Wildman–Crippen MR) is 106 cm³/mol. The van der Waals surface area contributed by atoms with Gasteiger partial charge in [0.2, 0.25) is 5.91 Å². The lowest BCUT2D eigenvalue weighted by Crippen LogP contribution is -2.47. The summed E-state index contributed by atoms with van der Waals surface area (Å²) < 4.78 is 4.79. The van der Waals surface area contributed by atoms with Crippen molar-refractivity contribution >= 4 is 22.8 Å². The number of hydrogen-bond acceptors (Lipinski definition) is 5. The number of benzene rings is 2. The monoisotopic (exact) mass is 379 g/mol. The second kappa shape index (κ2) is 8.94. The Morgan fingerprint density at radius 3 is 2.50 bits per heavy atom. The van der Waals surface area contributed by atoms with E-state index in [0.29, 0.717) is 0 Å². The van der Waals surface area contributed by atoms with Gasteiger partial charge in [0.1, 0.15) is 6.04 Å². The molecule has 0 aliphatic carbocycles. The zero-order valence-electron chi connectivity index (χ0n) is 15.4. The van der Waals surface area contributed by atoms with Crippen molar-refractivity contribution in [1.82, 2.24) is 10.3 Å². The standard InChI is InChI=1S/C21H21N3O4/c1-28-21(26)19(11-14-7-3-2-4-8-14)23-20(25)18(24-27)12-15-13-22-17-10-6-5-9-16(15)17/h2-10,13,18-19,22H,11-12H2,1H3,(H,23,25)/t18?,19-/m0/s1. The highest BCUT2D eigenvalue weighted by molar-refractivity contribution is 5.89. The van der Waals surface area contributed by atoms with Crippen LogP contribution in [0, 0.1) is 4.91 Å². The Hall–Kier alpha value is -3.48. The number of hydrogen-bond donors (Lipinski definition) is 2. The molecule has 7 heteroatoms. The molecule has 0 aliphatic rings. The van der Waals surface area contributed by atoms with Crippen LogP contribution in [-0.2, 0) is 27.2 Å². The van der Waals surface area contributed by atoms with Crippen LogP contribution in [0.5, 0.6) is 0 Å². The van der Waals surface area contributed by atoms with Crippen LogP contribution < -0.4 is 5.32 Å². The number of amides is 1. The second-order valence-electron chi connectivity index (χ2n) is 6.46. The number of aromatic nitrogens is 1. The first-order valence-electron chi connectivity index (χ1n) is 8.92. The fraction of sp³-hybridized carbons (Fsp3) is 0.238. The first kappa shape index (κ1) is 19.3. The van der Waals surface area contributed by atoms with Crippen LogP contribution in [-0.4, -0.2) is 36.1 Å². The van der Waals surface area contributed by atoms with Gasteiger partial charge in [-0.25, -0.2) is 4.79 Å². The van der Waals surface area contributed by atoms with E-state index in [1.54, 1.807) is 6.20 Å². The molecule has 1 heterocycles. The van der Waals surface area contributed by atoms with Crippen LogP contribution >= 0.6 is 0 Å². The van der Waals surface area contributed by atoms with E-state index in [1.807, 2.05) is 54.6 Å². The lowest BCUT2D eigenvalue weighted by Gasteiger charge is -2.18. The molecule has 2 atom stereocenters. The SMILES string of the molecule is COC(=O)[C@H](Cc1ccccc1)NC(=O)C(Cc1c[nH]c2ccccc12)N=O. The van der Waals surface area contributed by atoms with Gasteiger partial charge in [0.25, 0.3) is 0 Å². The molecular formula is C21H21N3O4. The Balaban J connectivity index is 1.73. The van der Waals surface area contributed by atoms with Gasteiger partial charge in [-0.15, -0.1) is 4.91 Å². The highest BCUT2D eigenvalue weighted by atomic mass is 16.5. The van der Waals surface area contributed by atoms with Crippen molar-refractivity contribution in [2.45, 2.75) is 24.9 Å². The minimum absolute atomic E-state index is 0.137. The van der Waals surface area contributed by atoms with E-state index in [1.165, 1.54) is 7.11 Å². The lowest BCUT2D eigenvalue weighted by molar-refractivity contribution is -0.145. The maximum atomic E-state index is 12.6. The number of H-pyrrole nitrogens is 1. The Kier molecular flexibility index (Phi) is 6.16. The zero-order valence-corrected chi connectivity index (χ0v) is 15.4. The summed E-state index contributed by atoms with van der Waals surface area (Å²) in [5, 5.41) is 6.53. The summed E-state index contributed by atoms with van der Waals surface area (Å²) in [5.74, 6) is -1.18. The molecule has 3 aromatic rings.